The van der Waals surface area contributed by atoms with Crippen LogP contribution in [-0.2, 0) is 19.5 Å². The highest BCUT2D eigenvalue weighted by atomic mass is 79.9. The standard InChI is InChI=1S/C14H16BrClN4S/c1-3-20-14-13(9(2)18-20)17-12(4-6-16)19(14)8-11-10(15)5-7-21-11/h5,7H,3-4,6,8H2,1-2H3. The molecule has 0 saturated heterocycles. The van der Waals surface area contributed by atoms with Crippen LogP contribution in [0.1, 0.15) is 23.3 Å². The van der Waals surface area contributed by atoms with E-state index in [1.54, 1.807) is 11.3 Å². The third-order valence-corrected chi connectivity index (χ3v) is 5.59. The predicted molar refractivity (Wildman–Crippen MR) is 91.5 cm³/mol. The molecule has 3 heterocycles. The van der Waals surface area contributed by atoms with Crippen molar-refractivity contribution in [3.8, 4) is 0 Å². The number of aromatic nitrogens is 4. The van der Waals surface area contributed by atoms with E-state index in [0.717, 1.165) is 46.7 Å². The maximum absolute atomic E-state index is 5.95. The van der Waals surface area contributed by atoms with Crippen molar-refractivity contribution in [2.45, 2.75) is 33.4 Å². The molecule has 112 valence electrons. The third kappa shape index (κ3) is 2.64. The van der Waals surface area contributed by atoms with Gasteiger partial charge in [0.1, 0.15) is 11.3 Å². The first-order valence-corrected chi connectivity index (χ1v) is 9.06. The van der Waals surface area contributed by atoms with Crippen LogP contribution in [0.5, 0.6) is 0 Å². The number of hydrogen-bond donors (Lipinski definition) is 0. The van der Waals surface area contributed by atoms with Gasteiger partial charge in [-0.2, -0.15) is 5.10 Å². The fraction of sp³-hybridized carbons (Fsp3) is 0.429. The largest absolute Gasteiger partial charge is 0.307 e. The van der Waals surface area contributed by atoms with Gasteiger partial charge in [0.05, 0.1) is 12.2 Å². The molecule has 0 amide bonds. The van der Waals surface area contributed by atoms with E-state index in [0.29, 0.717) is 5.88 Å². The number of halogens is 2. The summed E-state index contributed by atoms with van der Waals surface area (Å²) in [6, 6.07) is 2.08. The molecule has 0 bridgehead atoms. The molecule has 0 saturated carbocycles. The van der Waals surface area contributed by atoms with Gasteiger partial charge in [0.2, 0.25) is 0 Å². The quantitative estimate of drug-likeness (QED) is 0.615. The highest BCUT2D eigenvalue weighted by Gasteiger charge is 2.19. The average molecular weight is 388 g/mol. The highest BCUT2D eigenvalue weighted by Crippen LogP contribution is 2.27. The van der Waals surface area contributed by atoms with Crippen molar-refractivity contribution in [2.24, 2.45) is 0 Å². The summed E-state index contributed by atoms with van der Waals surface area (Å²) < 4.78 is 5.42. The summed E-state index contributed by atoms with van der Waals surface area (Å²) in [5.74, 6) is 1.60. The smallest absolute Gasteiger partial charge is 0.159 e. The molecule has 3 aromatic heterocycles. The summed E-state index contributed by atoms with van der Waals surface area (Å²) in [4.78, 5) is 6.05. The number of hydrogen-bond acceptors (Lipinski definition) is 3. The first-order chi connectivity index (χ1) is 10.2. The van der Waals surface area contributed by atoms with Gasteiger partial charge in [-0.3, -0.25) is 0 Å². The predicted octanol–water partition coefficient (Wildman–Crippen LogP) is 4.21. The van der Waals surface area contributed by atoms with Crippen LogP contribution in [-0.4, -0.2) is 25.2 Å². The van der Waals surface area contributed by atoms with Crippen LogP contribution in [0.2, 0.25) is 0 Å². The zero-order chi connectivity index (χ0) is 15.0. The van der Waals surface area contributed by atoms with Crippen LogP contribution >= 0.6 is 38.9 Å². The molecule has 0 aliphatic heterocycles. The number of aryl methyl sites for hydroxylation is 3. The minimum atomic E-state index is 0.573. The Morgan fingerprint density at radius 3 is 2.86 bits per heavy atom. The Morgan fingerprint density at radius 1 is 1.43 bits per heavy atom. The Labute approximate surface area is 140 Å². The van der Waals surface area contributed by atoms with Crippen molar-refractivity contribution < 1.29 is 0 Å². The number of rotatable bonds is 5. The minimum Gasteiger partial charge on any atom is -0.307 e. The zero-order valence-electron chi connectivity index (χ0n) is 11.9. The van der Waals surface area contributed by atoms with Crippen molar-refractivity contribution in [2.75, 3.05) is 5.88 Å². The molecule has 4 nitrogen and oxygen atoms in total. The van der Waals surface area contributed by atoms with Gasteiger partial charge in [-0.15, -0.1) is 22.9 Å². The van der Waals surface area contributed by atoms with E-state index in [9.17, 15) is 0 Å². The van der Waals surface area contributed by atoms with Crippen molar-refractivity contribution >= 4 is 50.0 Å². The maximum atomic E-state index is 5.95. The van der Waals surface area contributed by atoms with Crippen molar-refractivity contribution in [3.05, 3.63) is 32.3 Å². The SMILES string of the molecule is CCn1nc(C)c2nc(CCCl)n(Cc3sccc3Br)c21. The maximum Gasteiger partial charge on any atom is 0.159 e. The van der Waals surface area contributed by atoms with E-state index in [2.05, 4.69) is 44.0 Å². The number of alkyl halides is 1. The molecule has 0 aromatic carbocycles. The van der Waals surface area contributed by atoms with Gasteiger partial charge in [-0.25, -0.2) is 9.67 Å². The molecule has 3 aromatic rings. The summed E-state index contributed by atoms with van der Waals surface area (Å²) >= 11 is 11.3. The molecule has 0 radical (unpaired) electrons. The number of fused-ring (bicyclic) bond motifs is 1. The summed E-state index contributed by atoms with van der Waals surface area (Å²) in [5, 5.41) is 6.67. The molecule has 0 spiro atoms. The first-order valence-electron chi connectivity index (χ1n) is 6.86. The van der Waals surface area contributed by atoms with Crippen LogP contribution in [0.3, 0.4) is 0 Å². The molecule has 3 rings (SSSR count). The second kappa shape index (κ2) is 6.10. The lowest BCUT2D eigenvalue weighted by atomic mass is 10.4. The van der Waals surface area contributed by atoms with E-state index in [-0.39, 0.29) is 0 Å². The normalized spacial score (nSPS) is 11.6. The molecule has 21 heavy (non-hydrogen) atoms. The Balaban J connectivity index is 2.17. The van der Waals surface area contributed by atoms with E-state index in [1.807, 2.05) is 11.6 Å². The molecule has 7 heteroatoms. The summed E-state index contributed by atoms with van der Waals surface area (Å²) in [5.41, 5.74) is 3.06. The van der Waals surface area contributed by atoms with Crippen LogP contribution in [0.25, 0.3) is 11.2 Å². The van der Waals surface area contributed by atoms with Gasteiger partial charge in [0, 0.05) is 28.2 Å². The highest BCUT2D eigenvalue weighted by molar-refractivity contribution is 9.10. The fourth-order valence-corrected chi connectivity index (χ4v) is 4.15. The molecule has 0 unspecified atom stereocenters. The molecule has 0 N–H and O–H groups in total. The summed E-state index contributed by atoms with van der Waals surface area (Å²) in [7, 11) is 0. The van der Waals surface area contributed by atoms with Gasteiger partial charge in [-0.05, 0) is 41.2 Å². The summed E-state index contributed by atoms with van der Waals surface area (Å²) in [6.45, 7) is 5.75. The molecule has 0 aliphatic carbocycles. The van der Waals surface area contributed by atoms with Gasteiger partial charge in [0.25, 0.3) is 0 Å². The monoisotopic (exact) mass is 386 g/mol. The topological polar surface area (TPSA) is 35.6 Å². The number of imidazole rings is 1. The summed E-state index contributed by atoms with van der Waals surface area (Å²) in [6.07, 6.45) is 0.766. The first kappa shape index (κ1) is 15.1. The Bertz CT molecular complexity index is 773. The van der Waals surface area contributed by atoms with Crippen LogP contribution in [0, 0.1) is 6.92 Å². The second-order valence-corrected chi connectivity index (χ2v) is 7.05. The van der Waals surface area contributed by atoms with Gasteiger partial charge < -0.3 is 4.57 Å². The lowest BCUT2D eigenvalue weighted by Crippen LogP contribution is -2.10. The lowest BCUT2D eigenvalue weighted by Gasteiger charge is -2.09. The minimum absolute atomic E-state index is 0.573. The Morgan fingerprint density at radius 2 is 2.24 bits per heavy atom. The molecule has 0 atom stereocenters. The van der Waals surface area contributed by atoms with Crippen LogP contribution in [0.15, 0.2) is 15.9 Å². The molecular weight excluding hydrogens is 372 g/mol. The van der Waals surface area contributed by atoms with Gasteiger partial charge in [0.15, 0.2) is 5.65 Å². The molecule has 0 fully saturated rings. The molecule has 0 aliphatic rings. The van der Waals surface area contributed by atoms with Gasteiger partial charge >= 0.3 is 0 Å². The Kier molecular flexibility index (Phi) is 4.38. The van der Waals surface area contributed by atoms with Crippen LogP contribution < -0.4 is 0 Å². The van der Waals surface area contributed by atoms with E-state index < -0.39 is 0 Å². The van der Waals surface area contributed by atoms with Crippen molar-refractivity contribution in [1.82, 2.24) is 19.3 Å². The number of nitrogens with zero attached hydrogens (tertiary/aromatic N) is 4. The Hall–Kier alpha value is -0.850. The molecular formula is C14H16BrClN4S. The average Bonchev–Trinajstić information content (AvgIpc) is 3.10. The van der Waals surface area contributed by atoms with Crippen LogP contribution in [0.4, 0.5) is 0 Å². The second-order valence-electron chi connectivity index (χ2n) is 4.82. The van der Waals surface area contributed by atoms with Crippen molar-refractivity contribution in [3.63, 3.8) is 0 Å². The van der Waals surface area contributed by atoms with E-state index >= 15 is 0 Å². The number of thiophene rings is 1. The van der Waals surface area contributed by atoms with E-state index in [4.69, 9.17) is 16.6 Å². The van der Waals surface area contributed by atoms with E-state index in [1.165, 1.54) is 4.88 Å². The zero-order valence-corrected chi connectivity index (χ0v) is 15.1. The lowest BCUT2D eigenvalue weighted by molar-refractivity contribution is 0.636. The fourth-order valence-electron chi connectivity index (χ4n) is 2.51. The van der Waals surface area contributed by atoms with Gasteiger partial charge in [-0.1, -0.05) is 0 Å². The third-order valence-electron chi connectivity index (χ3n) is 3.49. The van der Waals surface area contributed by atoms with Crippen molar-refractivity contribution in [1.29, 1.82) is 0 Å².